The minimum absolute atomic E-state index is 0.0786. The highest BCUT2D eigenvalue weighted by molar-refractivity contribution is 6.00. The lowest BCUT2D eigenvalue weighted by molar-refractivity contribution is 0.436. The Balaban J connectivity index is 1.52. The first-order valence-electron chi connectivity index (χ1n) is 20.8. The van der Waals surface area contributed by atoms with Crippen LogP contribution in [-0.2, 0) is 5.41 Å². The molecule has 42 heavy (non-hydrogen) atoms. The van der Waals surface area contributed by atoms with Crippen molar-refractivity contribution < 1.29 is 25.3 Å². The lowest BCUT2D eigenvalue weighted by Crippen LogP contribution is -2.32. The molecule has 1 aliphatic carbocycles. The number of hydrogen-bond acceptors (Lipinski definition) is 1. The van der Waals surface area contributed by atoms with Crippen LogP contribution >= 0.6 is 0 Å². The molecular weight excluding hydrogens is 508 g/mol. The summed E-state index contributed by atoms with van der Waals surface area (Å²) < 4.78 is 143. The molecule has 0 radical (unpaired) electrons. The van der Waals surface area contributed by atoms with Gasteiger partial charge in [-0.15, -0.1) is 0 Å². The van der Waals surface area contributed by atoms with E-state index in [0.29, 0.717) is 11.1 Å². The molecule has 0 N–H and O–H groups in total. The normalized spacial score (nSPS) is 18.6. The van der Waals surface area contributed by atoms with Crippen LogP contribution in [0.3, 0.4) is 0 Å². The molecule has 196 valence electrons. The van der Waals surface area contributed by atoms with Crippen LogP contribution in [0.4, 0.5) is 0 Å². The summed E-state index contributed by atoms with van der Waals surface area (Å²) in [6, 6.07) is 9.78. The standard InChI is InChI=1S/C41H26O/c1-2-14-29-27(12-1)13-11-19-32(29)31-16-4-3-15-30(31)28-24-25-38-40(26-28)42-39-23-10-9-22-37(39)41(38)35-20-7-5-17-33(35)34-18-6-8-21-36(34)41/h1-26H/i5D,6D,7D,8D,9D,10D,17D,18D,20D,21D,22D,23D,24D,25D,26D. The van der Waals surface area contributed by atoms with Crippen LogP contribution in [0.25, 0.3) is 44.2 Å². The van der Waals surface area contributed by atoms with Crippen LogP contribution in [-0.4, -0.2) is 0 Å². The maximum absolute atomic E-state index is 9.82. The molecule has 2 aliphatic rings. The van der Waals surface area contributed by atoms with E-state index in [1.807, 2.05) is 48.5 Å². The van der Waals surface area contributed by atoms with Crippen molar-refractivity contribution in [1.82, 2.24) is 0 Å². The van der Waals surface area contributed by atoms with Crippen LogP contribution in [0.1, 0.15) is 42.8 Å². The second-order valence-electron chi connectivity index (χ2n) is 10.1. The van der Waals surface area contributed by atoms with Gasteiger partial charge in [0.2, 0.25) is 0 Å². The average molecular weight is 550 g/mol. The summed E-state index contributed by atoms with van der Waals surface area (Å²) in [5, 5.41) is 1.80. The second-order valence-corrected chi connectivity index (χ2v) is 10.1. The van der Waals surface area contributed by atoms with Gasteiger partial charge in [0.1, 0.15) is 11.5 Å². The Kier molecular flexibility index (Phi) is 2.74. The number of benzene rings is 7. The van der Waals surface area contributed by atoms with Crippen molar-refractivity contribution in [1.29, 1.82) is 0 Å². The van der Waals surface area contributed by atoms with E-state index < -0.39 is 130 Å². The fraction of sp³-hybridized carbons (Fsp3) is 0.0244. The fourth-order valence-electron chi connectivity index (χ4n) is 6.32. The van der Waals surface area contributed by atoms with Crippen LogP contribution < -0.4 is 4.74 Å². The molecule has 1 spiro atoms. The molecule has 9 rings (SSSR count). The Morgan fingerprint density at radius 1 is 0.452 bits per heavy atom. The number of para-hydroxylation sites is 1. The molecule has 0 unspecified atom stereocenters. The molecule has 0 amide bonds. The summed E-state index contributed by atoms with van der Waals surface area (Å²) in [6.45, 7) is 0. The summed E-state index contributed by atoms with van der Waals surface area (Å²) in [5.41, 5.74) is -3.37. The van der Waals surface area contributed by atoms with Gasteiger partial charge in [0.25, 0.3) is 0 Å². The maximum Gasteiger partial charge on any atom is 0.132 e. The van der Waals surface area contributed by atoms with E-state index in [1.54, 1.807) is 18.2 Å². The monoisotopic (exact) mass is 549 g/mol. The molecular formula is C41H26O. The minimum atomic E-state index is -2.53. The van der Waals surface area contributed by atoms with Crippen molar-refractivity contribution in [3.63, 3.8) is 0 Å². The first-order valence-corrected chi connectivity index (χ1v) is 13.3. The Hall–Kier alpha value is -5.40. The number of ether oxygens (including phenoxy) is 1. The zero-order chi connectivity index (χ0) is 40.7. The predicted octanol–water partition coefficient (Wildman–Crippen LogP) is 10.6. The zero-order valence-corrected chi connectivity index (χ0v) is 21.8. The van der Waals surface area contributed by atoms with Crippen LogP contribution in [0.15, 0.2) is 157 Å². The van der Waals surface area contributed by atoms with Crippen molar-refractivity contribution in [2.45, 2.75) is 5.41 Å². The van der Waals surface area contributed by atoms with E-state index >= 15 is 0 Å². The quantitative estimate of drug-likeness (QED) is 0.208. The van der Waals surface area contributed by atoms with Gasteiger partial charge in [-0.2, -0.15) is 0 Å². The van der Waals surface area contributed by atoms with Gasteiger partial charge in [0.15, 0.2) is 0 Å². The molecule has 0 fully saturated rings. The predicted molar refractivity (Wildman–Crippen MR) is 172 cm³/mol. The lowest BCUT2D eigenvalue weighted by atomic mass is 9.66. The molecule has 0 saturated heterocycles. The van der Waals surface area contributed by atoms with E-state index in [-0.39, 0.29) is 16.7 Å². The summed E-state index contributed by atoms with van der Waals surface area (Å²) in [6.07, 6.45) is 0. The second kappa shape index (κ2) is 8.80. The van der Waals surface area contributed by atoms with E-state index in [2.05, 4.69) is 0 Å². The zero-order valence-electron chi connectivity index (χ0n) is 36.8. The van der Waals surface area contributed by atoms with E-state index in [9.17, 15) is 8.22 Å². The Labute approximate surface area is 266 Å². The third kappa shape index (κ3) is 3.08. The van der Waals surface area contributed by atoms with Gasteiger partial charge >= 0.3 is 0 Å². The number of fused-ring (bicyclic) bond motifs is 10. The van der Waals surface area contributed by atoms with Crippen molar-refractivity contribution in [2.24, 2.45) is 0 Å². The number of hydrogen-bond donors (Lipinski definition) is 0. The Morgan fingerprint density at radius 2 is 1.05 bits per heavy atom. The van der Waals surface area contributed by atoms with Gasteiger partial charge in [-0.05, 0) is 67.4 Å². The highest BCUT2D eigenvalue weighted by Crippen LogP contribution is 2.62. The smallest absolute Gasteiger partial charge is 0.132 e. The molecule has 7 aromatic carbocycles. The highest BCUT2D eigenvalue weighted by Gasteiger charge is 2.50. The van der Waals surface area contributed by atoms with Crippen molar-refractivity contribution in [3.05, 3.63) is 180 Å². The third-order valence-electron chi connectivity index (χ3n) is 8.04. The lowest BCUT2D eigenvalue weighted by Gasteiger charge is -2.39. The summed E-state index contributed by atoms with van der Waals surface area (Å²) in [5.74, 6) is -1.04. The maximum atomic E-state index is 9.82. The van der Waals surface area contributed by atoms with E-state index in [4.69, 9.17) is 17.1 Å². The van der Waals surface area contributed by atoms with Crippen LogP contribution in [0.5, 0.6) is 11.5 Å². The number of rotatable bonds is 2. The topological polar surface area (TPSA) is 9.23 Å². The molecule has 0 aromatic heterocycles. The highest BCUT2D eigenvalue weighted by atomic mass is 16.5. The van der Waals surface area contributed by atoms with Gasteiger partial charge in [0, 0.05) is 11.1 Å². The van der Waals surface area contributed by atoms with Crippen molar-refractivity contribution >= 4 is 10.8 Å². The third-order valence-corrected chi connectivity index (χ3v) is 8.04. The molecule has 1 nitrogen and oxygen atoms in total. The average Bonchev–Trinajstić information content (AvgIpc) is 3.52. The Morgan fingerprint density at radius 3 is 1.86 bits per heavy atom. The summed E-state index contributed by atoms with van der Waals surface area (Å²) in [4.78, 5) is 0. The first-order chi connectivity index (χ1) is 27.1. The van der Waals surface area contributed by atoms with Gasteiger partial charge in [0.05, 0.1) is 26.0 Å². The van der Waals surface area contributed by atoms with Gasteiger partial charge in [-0.25, -0.2) is 0 Å². The summed E-state index contributed by atoms with van der Waals surface area (Å²) in [7, 11) is 0. The molecule has 0 atom stereocenters. The van der Waals surface area contributed by atoms with E-state index in [0.717, 1.165) is 16.3 Å². The summed E-state index contributed by atoms with van der Waals surface area (Å²) >= 11 is 0. The molecule has 7 aromatic rings. The van der Waals surface area contributed by atoms with Gasteiger partial charge < -0.3 is 4.74 Å². The SMILES string of the molecule is [2H]c1c([2H])c([2H])c2c(c1[2H])Oc1c([2H])c(-c3ccccc3-c3cccc4ccccc34)c([2H])c([2H])c1C21c2c([2H])c([2H])c([2H])c([2H])c2-c2c([2H])c([2H])c([2H])c([2H])c21. The van der Waals surface area contributed by atoms with Crippen LogP contribution in [0.2, 0.25) is 0 Å². The molecule has 1 aliphatic heterocycles. The fourth-order valence-corrected chi connectivity index (χ4v) is 6.32. The molecule has 1 heterocycles. The molecule has 0 saturated carbocycles. The largest absolute Gasteiger partial charge is 0.457 e. The van der Waals surface area contributed by atoms with Crippen molar-refractivity contribution in [3.8, 4) is 44.9 Å². The molecule has 0 bridgehead atoms. The first kappa shape index (κ1) is 13.1. The van der Waals surface area contributed by atoms with Gasteiger partial charge in [-0.3, -0.25) is 0 Å². The van der Waals surface area contributed by atoms with Gasteiger partial charge in [-0.1, -0.05) is 145 Å². The van der Waals surface area contributed by atoms with Crippen molar-refractivity contribution in [2.75, 3.05) is 0 Å². The molecule has 1 heteroatoms. The Bertz CT molecular complexity index is 2940. The van der Waals surface area contributed by atoms with Crippen LogP contribution in [0, 0.1) is 0 Å². The minimum Gasteiger partial charge on any atom is -0.457 e. The van der Waals surface area contributed by atoms with E-state index in [1.165, 1.54) is 0 Å².